The standard InChI is InChI=1S/C19H22F3N3O2S/c1-25(2)16(15-6-4-5-7-17(15)26-3)12-23-18(28)24-13-8-10-14(11-9-13)27-19(20,21)22/h4-11,16H,12H2,1-3H3,(H2,23,24,28)/t16-/m1/s1. The number of rotatable bonds is 7. The number of anilines is 1. The Balaban J connectivity index is 1.96. The summed E-state index contributed by atoms with van der Waals surface area (Å²) in [4.78, 5) is 2.04. The van der Waals surface area contributed by atoms with Gasteiger partial charge in [0, 0.05) is 17.8 Å². The molecule has 2 aromatic rings. The number of halogens is 3. The van der Waals surface area contributed by atoms with Crippen LogP contribution in [0.1, 0.15) is 11.6 Å². The van der Waals surface area contributed by atoms with Gasteiger partial charge in [0.2, 0.25) is 0 Å². The van der Waals surface area contributed by atoms with Crippen LogP contribution in [0.3, 0.4) is 0 Å². The number of alkyl halides is 3. The van der Waals surface area contributed by atoms with E-state index in [1.165, 1.54) is 24.3 Å². The minimum absolute atomic E-state index is 0.00142. The second-order valence-electron chi connectivity index (χ2n) is 6.13. The van der Waals surface area contributed by atoms with Crippen molar-refractivity contribution in [2.75, 3.05) is 33.1 Å². The second-order valence-corrected chi connectivity index (χ2v) is 6.54. The molecule has 0 aliphatic rings. The molecule has 5 nitrogen and oxygen atoms in total. The monoisotopic (exact) mass is 413 g/mol. The molecule has 9 heteroatoms. The predicted octanol–water partition coefficient (Wildman–Crippen LogP) is 4.18. The number of nitrogens with zero attached hydrogens (tertiary/aromatic N) is 1. The van der Waals surface area contributed by atoms with E-state index >= 15 is 0 Å². The molecule has 0 saturated carbocycles. The Labute approximate surface area is 167 Å². The first kappa shape index (κ1) is 21.8. The van der Waals surface area contributed by atoms with Crippen LogP contribution in [-0.4, -0.2) is 44.1 Å². The first-order valence-electron chi connectivity index (χ1n) is 8.39. The average molecular weight is 413 g/mol. The maximum atomic E-state index is 12.2. The summed E-state index contributed by atoms with van der Waals surface area (Å²) in [6.07, 6.45) is -4.72. The van der Waals surface area contributed by atoms with E-state index in [0.29, 0.717) is 17.3 Å². The molecule has 0 radical (unpaired) electrons. The number of nitrogens with one attached hydrogen (secondary N) is 2. The van der Waals surface area contributed by atoms with Crippen molar-refractivity contribution in [3.8, 4) is 11.5 Å². The maximum absolute atomic E-state index is 12.2. The van der Waals surface area contributed by atoms with Crippen molar-refractivity contribution in [1.29, 1.82) is 0 Å². The summed E-state index contributed by atoms with van der Waals surface area (Å²) in [6, 6.07) is 13.1. The molecule has 28 heavy (non-hydrogen) atoms. The largest absolute Gasteiger partial charge is 0.573 e. The highest BCUT2D eigenvalue weighted by Gasteiger charge is 2.30. The van der Waals surface area contributed by atoms with Gasteiger partial charge in [-0.1, -0.05) is 18.2 Å². The summed E-state index contributed by atoms with van der Waals surface area (Å²) in [5.74, 6) is 0.489. The smallest absolute Gasteiger partial charge is 0.496 e. The van der Waals surface area contributed by atoms with E-state index in [1.54, 1.807) is 7.11 Å². The van der Waals surface area contributed by atoms with Crippen LogP contribution < -0.4 is 20.1 Å². The van der Waals surface area contributed by atoms with Gasteiger partial charge in [-0.15, -0.1) is 13.2 Å². The average Bonchev–Trinajstić information content (AvgIpc) is 2.62. The summed E-state index contributed by atoms with van der Waals surface area (Å²) in [7, 11) is 5.53. The highest BCUT2D eigenvalue weighted by Crippen LogP contribution is 2.27. The third-order valence-corrected chi connectivity index (χ3v) is 4.17. The van der Waals surface area contributed by atoms with Crippen molar-refractivity contribution < 1.29 is 22.6 Å². The predicted molar refractivity (Wildman–Crippen MR) is 107 cm³/mol. The van der Waals surface area contributed by atoms with Gasteiger partial charge in [0.25, 0.3) is 0 Å². The zero-order valence-corrected chi connectivity index (χ0v) is 16.5. The summed E-state index contributed by atoms with van der Waals surface area (Å²) >= 11 is 5.29. The van der Waals surface area contributed by atoms with Gasteiger partial charge in [0.15, 0.2) is 5.11 Å². The van der Waals surface area contributed by atoms with Gasteiger partial charge in [-0.05, 0) is 56.6 Å². The highest BCUT2D eigenvalue weighted by atomic mass is 32.1. The van der Waals surface area contributed by atoms with E-state index in [1.807, 2.05) is 43.3 Å². The number of ether oxygens (including phenoxy) is 2. The van der Waals surface area contributed by atoms with E-state index in [2.05, 4.69) is 15.4 Å². The normalized spacial score (nSPS) is 12.4. The fourth-order valence-electron chi connectivity index (χ4n) is 2.62. The molecule has 1 atom stereocenters. The summed E-state index contributed by atoms with van der Waals surface area (Å²) in [6.45, 7) is 0.508. The molecule has 0 fully saturated rings. The molecule has 2 N–H and O–H groups in total. The molecule has 152 valence electrons. The lowest BCUT2D eigenvalue weighted by atomic mass is 10.0. The van der Waals surface area contributed by atoms with Crippen LogP contribution in [0.25, 0.3) is 0 Å². The molecule has 0 saturated heterocycles. The van der Waals surface area contributed by atoms with E-state index in [4.69, 9.17) is 17.0 Å². The number of benzene rings is 2. The molecule has 2 aromatic carbocycles. The Hall–Kier alpha value is -2.52. The third-order valence-electron chi connectivity index (χ3n) is 3.92. The van der Waals surface area contributed by atoms with Crippen molar-refractivity contribution >= 4 is 23.0 Å². The minimum atomic E-state index is -4.72. The molecule has 0 spiro atoms. The van der Waals surface area contributed by atoms with E-state index in [-0.39, 0.29) is 11.8 Å². The van der Waals surface area contributed by atoms with E-state index in [0.717, 1.165) is 11.3 Å². The minimum Gasteiger partial charge on any atom is -0.496 e. The number of hydrogen-bond acceptors (Lipinski definition) is 4. The van der Waals surface area contributed by atoms with Gasteiger partial charge in [0.05, 0.1) is 13.2 Å². The molecule has 0 heterocycles. The fourth-order valence-corrected chi connectivity index (χ4v) is 2.82. The fraction of sp³-hybridized carbons (Fsp3) is 0.316. The lowest BCUT2D eigenvalue weighted by Gasteiger charge is -2.27. The van der Waals surface area contributed by atoms with E-state index in [9.17, 15) is 13.2 Å². The lowest BCUT2D eigenvalue weighted by molar-refractivity contribution is -0.274. The molecule has 0 aliphatic heterocycles. The zero-order chi connectivity index (χ0) is 20.7. The van der Waals surface area contributed by atoms with Crippen molar-refractivity contribution in [2.24, 2.45) is 0 Å². The Morgan fingerprint density at radius 1 is 1.11 bits per heavy atom. The molecule has 0 bridgehead atoms. The van der Waals surface area contributed by atoms with Crippen LogP contribution in [0.5, 0.6) is 11.5 Å². The van der Waals surface area contributed by atoms with Crippen molar-refractivity contribution in [1.82, 2.24) is 10.2 Å². The van der Waals surface area contributed by atoms with Crippen molar-refractivity contribution in [2.45, 2.75) is 12.4 Å². The molecule has 0 aliphatic carbocycles. The Kier molecular flexibility index (Phi) is 7.47. The quantitative estimate of drug-likeness (QED) is 0.664. The van der Waals surface area contributed by atoms with Crippen LogP contribution >= 0.6 is 12.2 Å². The zero-order valence-electron chi connectivity index (χ0n) is 15.7. The maximum Gasteiger partial charge on any atom is 0.573 e. The van der Waals surface area contributed by atoms with Crippen LogP contribution in [0.4, 0.5) is 18.9 Å². The number of hydrogen-bond donors (Lipinski definition) is 2. The first-order chi connectivity index (χ1) is 13.2. The van der Waals surface area contributed by atoms with Crippen LogP contribution in [-0.2, 0) is 0 Å². The van der Waals surface area contributed by atoms with Gasteiger partial charge in [-0.2, -0.15) is 0 Å². The molecule has 0 aromatic heterocycles. The summed E-state index contributed by atoms with van der Waals surface area (Å²) in [5, 5.41) is 6.42. The van der Waals surface area contributed by atoms with Gasteiger partial charge in [0.1, 0.15) is 11.5 Å². The molecule has 0 unspecified atom stereocenters. The highest BCUT2D eigenvalue weighted by molar-refractivity contribution is 7.80. The van der Waals surface area contributed by atoms with Crippen LogP contribution in [0.15, 0.2) is 48.5 Å². The third kappa shape index (κ3) is 6.58. The van der Waals surface area contributed by atoms with Gasteiger partial charge < -0.3 is 25.0 Å². The van der Waals surface area contributed by atoms with Crippen molar-refractivity contribution in [3.05, 3.63) is 54.1 Å². The Bertz CT molecular complexity index is 783. The lowest BCUT2D eigenvalue weighted by Crippen LogP contribution is -2.36. The van der Waals surface area contributed by atoms with Gasteiger partial charge in [-0.3, -0.25) is 0 Å². The number of thiocarbonyl (C=S) groups is 1. The van der Waals surface area contributed by atoms with Crippen LogP contribution in [0, 0.1) is 0 Å². The Morgan fingerprint density at radius 2 is 1.75 bits per heavy atom. The Morgan fingerprint density at radius 3 is 2.32 bits per heavy atom. The molecular formula is C19H22F3N3O2S. The SMILES string of the molecule is COc1ccccc1[C@@H](CNC(=S)Nc1ccc(OC(F)(F)F)cc1)N(C)C. The number of para-hydroxylation sites is 1. The number of methoxy groups -OCH3 is 1. The van der Waals surface area contributed by atoms with Gasteiger partial charge >= 0.3 is 6.36 Å². The molecule has 2 rings (SSSR count). The number of likely N-dealkylation sites (N-methyl/N-ethyl adjacent to an activating group) is 1. The molecular weight excluding hydrogens is 391 g/mol. The van der Waals surface area contributed by atoms with Gasteiger partial charge in [-0.25, -0.2) is 0 Å². The van der Waals surface area contributed by atoms with Crippen LogP contribution in [0.2, 0.25) is 0 Å². The topological polar surface area (TPSA) is 45.8 Å². The van der Waals surface area contributed by atoms with Crippen molar-refractivity contribution in [3.63, 3.8) is 0 Å². The molecule has 0 amide bonds. The summed E-state index contributed by atoms with van der Waals surface area (Å²) < 4.78 is 45.9. The summed E-state index contributed by atoms with van der Waals surface area (Å²) in [5.41, 5.74) is 1.56. The first-order valence-corrected chi connectivity index (χ1v) is 8.80. The van der Waals surface area contributed by atoms with E-state index < -0.39 is 6.36 Å². The second kappa shape index (κ2) is 9.61.